The second kappa shape index (κ2) is 16.0. The van der Waals surface area contributed by atoms with Gasteiger partial charge in [0.25, 0.3) is 0 Å². The maximum atomic E-state index is 14.5. The summed E-state index contributed by atoms with van der Waals surface area (Å²) in [5.74, 6) is -3.12. The van der Waals surface area contributed by atoms with E-state index >= 15 is 0 Å². The number of nitrogens with two attached hydrogens (primary N) is 1. The predicted octanol–water partition coefficient (Wildman–Crippen LogP) is 3.21. The lowest BCUT2D eigenvalue weighted by molar-refractivity contribution is -0.173. The predicted molar refractivity (Wildman–Crippen MR) is 184 cm³/mol. The third kappa shape index (κ3) is 8.54. The van der Waals surface area contributed by atoms with Gasteiger partial charge in [-0.15, -0.1) is 0 Å². The molecule has 2 aliphatic heterocycles. The molecule has 2 aromatic heterocycles. The number of nitrogens with one attached hydrogen (secondary N) is 1. The zero-order valence-corrected chi connectivity index (χ0v) is 30.7. The van der Waals surface area contributed by atoms with Crippen molar-refractivity contribution >= 4 is 37.0 Å². The molecule has 0 amide bonds. The maximum absolute atomic E-state index is 14.5. The van der Waals surface area contributed by atoms with Gasteiger partial charge in [0.2, 0.25) is 5.60 Å². The van der Waals surface area contributed by atoms with E-state index in [-0.39, 0.29) is 23.4 Å². The second-order valence-electron chi connectivity index (χ2n) is 13.4. The molecule has 17 nitrogen and oxygen atoms in total. The number of hydrogen-bond donors (Lipinski definition) is 2. The zero-order chi connectivity index (χ0) is 37.8. The van der Waals surface area contributed by atoms with Crippen molar-refractivity contribution in [2.75, 3.05) is 32.5 Å². The summed E-state index contributed by atoms with van der Waals surface area (Å²) in [6.45, 7) is 8.30. The Morgan fingerprint density at radius 1 is 1.06 bits per heavy atom. The Bertz CT molecular complexity index is 1850. The molecule has 0 bridgehead atoms. The van der Waals surface area contributed by atoms with Crippen LogP contribution in [-0.4, -0.2) is 94.1 Å². The fourth-order valence-electron chi connectivity index (χ4n) is 5.70. The number of nitriles is 1. The van der Waals surface area contributed by atoms with E-state index in [4.69, 9.17) is 33.7 Å². The minimum Gasteiger partial charge on any atom is -0.460 e. The molecule has 2 aliphatic rings. The van der Waals surface area contributed by atoms with Crippen LogP contribution in [0, 0.1) is 23.2 Å². The molecule has 0 saturated carbocycles. The Balaban J connectivity index is 1.52. The molecule has 280 valence electrons. The van der Waals surface area contributed by atoms with E-state index in [1.807, 2.05) is 18.0 Å². The van der Waals surface area contributed by atoms with Gasteiger partial charge in [-0.1, -0.05) is 45.9 Å². The highest BCUT2D eigenvalue weighted by atomic mass is 31.2. The molecule has 18 heteroatoms. The number of esters is 3. The van der Waals surface area contributed by atoms with Gasteiger partial charge in [-0.05, 0) is 44.7 Å². The Kier molecular flexibility index (Phi) is 11.9. The average Bonchev–Trinajstić information content (AvgIpc) is 3.80. The number of hydrogen-bond acceptors (Lipinski definition) is 15. The minimum atomic E-state index is -4.57. The molecule has 0 spiro atoms. The molecule has 4 heterocycles. The second-order valence-corrected chi connectivity index (χ2v) is 15.1. The molecule has 3 N–H and O–H groups in total. The molecule has 3 aromatic rings. The lowest BCUT2D eigenvalue weighted by atomic mass is 9.95. The largest absolute Gasteiger partial charge is 0.460 e. The quantitative estimate of drug-likeness (QED) is 0.138. The van der Waals surface area contributed by atoms with Crippen molar-refractivity contribution in [1.82, 2.24) is 24.6 Å². The number of ether oxygens (including phenoxy) is 4. The number of aromatic nitrogens is 3. The number of anilines is 1. The summed E-state index contributed by atoms with van der Waals surface area (Å²) in [5.41, 5.74) is 4.50. The number of fused-ring (bicyclic) bond motifs is 1. The van der Waals surface area contributed by atoms with Crippen molar-refractivity contribution < 1.29 is 46.9 Å². The first-order valence-corrected chi connectivity index (χ1v) is 18.4. The van der Waals surface area contributed by atoms with Crippen LogP contribution in [0.2, 0.25) is 0 Å². The standard InChI is InChI=1S/C34H44N7O10P/c1-20(2)31(42)48-28-27(25-12-13-26-30(36)37-19-38-41(25)26)50-34(17-35,29(28)49-32(43)21(3)4)18-46-52(45,51-23-10-8-7-9-11-23)39-22(5)33(44)47-24-14-15-40(6)16-24/h7-13,19-22,24,27-29H,14-16,18H2,1-6H3,(H,39,45)(H2,36,37,38)/t22-,24-,27-,28-,29-,34+,52-/m0/s1. The first kappa shape index (κ1) is 38.6. The van der Waals surface area contributed by atoms with Crippen LogP contribution in [0.5, 0.6) is 5.75 Å². The van der Waals surface area contributed by atoms with E-state index in [9.17, 15) is 24.2 Å². The van der Waals surface area contributed by atoms with Crippen molar-refractivity contribution in [3.63, 3.8) is 0 Å². The lowest BCUT2D eigenvalue weighted by Gasteiger charge is -2.31. The molecule has 5 rings (SSSR count). The number of likely N-dealkylation sites (tertiary alicyclic amines) is 1. The monoisotopic (exact) mass is 741 g/mol. The number of nitrogen functional groups attached to an aromatic ring is 1. The Hall–Kier alpha value is -4.59. The van der Waals surface area contributed by atoms with Gasteiger partial charge >= 0.3 is 25.7 Å². The minimum absolute atomic E-state index is 0.121. The van der Waals surface area contributed by atoms with Gasteiger partial charge in [0.15, 0.2) is 18.0 Å². The topological polar surface area (TPSA) is 219 Å². The third-order valence-electron chi connectivity index (χ3n) is 8.58. The van der Waals surface area contributed by atoms with Crippen molar-refractivity contribution in [2.24, 2.45) is 11.8 Å². The Morgan fingerprint density at radius 3 is 2.38 bits per heavy atom. The van der Waals surface area contributed by atoms with Gasteiger partial charge in [0, 0.05) is 13.1 Å². The van der Waals surface area contributed by atoms with Crippen LogP contribution >= 0.6 is 7.75 Å². The average molecular weight is 742 g/mol. The highest BCUT2D eigenvalue weighted by molar-refractivity contribution is 7.52. The summed E-state index contributed by atoms with van der Waals surface area (Å²) in [5, 5.41) is 17.7. The number of carbonyl (C=O) groups is 3. The Labute approximate surface area is 301 Å². The maximum Gasteiger partial charge on any atom is 0.459 e. The van der Waals surface area contributed by atoms with E-state index in [2.05, 4.69) is 15.2 Å². The van der Waals surface area contributed by atoms with Crippen LogP contribution in [-0.2, 0) is 42.4 Å². The van der Waals surface area contributed by atoms with Crippen LogP contribution in [0.1, 0.15) is 52.8 Å². The van der Waals surface area contributed by atoms with E-state index in [0.717, 1.165) is 6.54 Å². The first-order valence-electron chi connectivity index (χ1n) is 16.9. The fourth-order valence-corrected chi connectivity index (χ4v) is 7.22. The van der Waals surface area contributed by atoms with Crippen LogP contribution in [0.25, 0.3) is 5.52 Å². The van der Waals surface area contributed by atoms with Gasteiger partial charge in [0.1, 0.15) is 48.5 Å². The van der Waals surface area contributed by atoms with E-state index in [0.29, 0.717) is 18.5 Å². The molecular formula is C34H44N7O10P. The molecule has 0 unspecified atom stereocenters. The van der Waals surface area contributed by atoms with E-state index < -0.39 is 74.1 Å². The molecule has 7 atom stereocenters. The van der Waals surface area contributed by atoms with E-state index in [1.165, 1.54) is 29.9 Å². The number of nitrogens with zero attached hydrogens (tertiary/aromatic N) is 5. The van der Waals surface area contributed by atoms with Crippen LogP contribution < -0.4 is 15.3 Å². The van der Waals surface area contributed by atoms with Gasteiger partial charge in [-0.3, -0.25) is 18.9 Å². The summed E-state index contributed by atoms with van der Waals surface area (Å²) in [6.07, 6.45) is -2.81. The molecule has 52 heavy (non-hydrogen) atoms. The molecule has 2 saturated heterocycles. The van der Waals surface area contributed by atoms with Crippen molar-refractivity contribution in [3.8, 4) is 11.8 Å². The summed E-state index contributed by atoms with van der Waals surface area (Å²) < 4.78 is 51.5. The molecule has 0 radical (unpaired) electrons. The number of para-hydroxylation sites is 1. The van der Waals surface area contributed by atoms with Gasteiger partial charge < -0.3 is 34.1 Å². The normalized spacial score (nSPS) is 25.1. The van der Waals surface area contributed by atoms with Crippen molar-refractivity contribution in [1.29, 1.82) is 5.26 Å². The van der Waals surface area contributed by atoms with Crippen LogP contribution in [0.15, 0.2) is 48.8 Å². The number of carbonyl (C=O) groups excluding carboxylic acids is 3. The molecule has 2 fully saturated rings. The SMILES string of the molecule is CC(C)C(=O)O[C@H]1[C@H](c2ccc3c(N)ncnn23)O[C@](C#N)(CO[P@@](=O)(N[C@@H](C)C(=O)O[C@H]2CCN(C)C2)Oc2ccccc2)[C@H]1OC(=O)C(C)C. The molecule has 1 aromatic carbocycles. The van der Waals surface area contributed by atoms with Gasteiger partial charge in [0.05, 0.1) is 17.5 Å². The van der Waals surface area contributed by atoms with Crippen molar-refractivity contribution in [2.45, 2.75) is 77.1 Å². The smallest absolute Gasteiger partial charge is 0.459 e. The third-order valence-corrected chi connectivity index (χ3v) is 10.2. The number of rotatable bonds is 14. The number of benzene rings is 1. The fraction of sp³-hybridized carbons (Fsp3) is 0.529. The van der Waals surface area contributed by atoms with Gasteiger partial charge in [-0.25, -0.2) is 14.1 Å². The van der Waals surface area contributed by atoms with E-state index in [1.54, 1.807) is 58.0 Å². The lowest BCUT2D eigenvalue weighted by Crippen LogP contribution is -2.50. The zero-order valence-electron chi connectivity index (χ0n) is 29.8. The summed E-state index contributed by atoms with van der Waals surface area (Å²) >= 11 is 0. The first-order chi connectivity index (χ1) is 24.6. The number of likely N-dealkylation sites (N-methyl/N-ethyl adjacent to an activating group) is 1. The molecular weight excluding hydrogens is 697 g/mol. The summed E-state index contributed by atoms with van der Waals surface area (Å²) in [6, 6.07) is 12.1. The van der Waals surface area contributed by atoms with Crippen LogP contribution in [0.4, 0.5) is 5.82 Å². The molecule has 0 aliphatic carbocycles. The van der Waals surface area contributed by atoms with Gasteiger partial charge in [-0.2, -0.15) is 15.4 Å². The highest BCUT2D eigenvalue weighted by Gasteiger charge is 2.62. The Morgan fingerprint density at radius 2 is 1.75 bits per heavy atom. The van der Waals surface area contributed by atoms with Crippen LogP contribution in [0.3, 0.4) is 0 Å². The summed E-state index contributed by atoms with van der Waals surface area (Å²) in [4.78, 5) is 45.5. The van der Waals surface area contributed by atoms with Crippen molar-refractivity contribution in [3.05, 3.63) is 54.5 Å². The highest BCUT2D eigenvalue weighted by Crippen LogP contribution is 2.50. The summed E-state index contributed by atoms with van der Waals surface area (Å²) in [7, 11) is -2.66.